The number of aliphatic hydroxyl groups excluding tert-OH is 1. The first-order valence-electron chi connectivity index (χ1n) is 12.0. The van der Waals surface area contributed by atoms with E-state index >= 15 is 4.39 Å². The molecule has 4 rings (SSSR count). The van der Waals surface area contributed by atoms with Gasteiger partial charge in [0.05, 0.1) is 11.7 Å². The van der Waals surface area contributed by atoms with Gasteiger partial charge in [-0.05, 0) is 66.1 Å². The molecule has 37 heavy (non-hydrogen) atoms. The van der Waals surface area contributed by atoms with E-state index in [0.29, 0.717) is 18.4 Å². The van der Waals surface area contributed by atoms with E-state index in [1.807, 2.05) is 13.0 Å². The average Bonchev–Trinajstić information content (AvgIpc) is 2.88. The summed E-state index contributed by atoms with van der Waals surface area (Å²) in [5, 5.41) is 10.2. The van der Waals surface area contributed by atoms with Crippen LogP contribution in [-0.4, -0.2) is 39.6 Å². The second kappa shape index (κ2) is 11.2. The molecular formula is C28H28F3N3O3. The molecule has 1 aromatic carbocycles. The van der Waals surface area contributed by atoms with Gasteiger partial charge in [0.1, 0.15) is 29.6 Å². The molecule has 9 heteroatoms. The summed E-state index contributed by atoms with van der Waals surface area (Å²) in [4.78, 5) is 21.3. The van der Waals surface area contributed by atoms with Crippen molar-refractivity contribution >= 4 is 5.78 Å². The fourth-order valence-corrected chi connectivity index (χ4v) is 4.86. The standard InChI is InChI=1S/C28H28F3N3O3/c1-3-10-37-24-7-5-19(29)25(26(24)31)27-20(30)4-6-22(34-27)23(35)13-17-14-33-9-8-18(17)16-11-15(2)28(36)21(32)12-16/h3-9,14-16,21,28,36H,1,10-13,32H2,2H3/t15-,16+,21+,28+/m0/s1. The number of aliphatic hydroxyl groups is 1. The van der Waals surface area contributed by atoms with Crippen LogP contribution in [-0.2, 0) is 6.42 Å². The number of carbonyl (C=O) groups excluding carboxylic acids is 1. The average molecular weight is 512 g/mol. The number of pyridine rings is 2. The molecule has 3 aromatic rings. The molecule has 1 saturated carbocycles. The number of carbonyl (C=O) groups is 1. The maximum Gasteiger partial charge on any atom is 0.185 e. The Bertz CT molecular complexity index is 1310. The van der Waals surface area contributed by atoms with Gasteiger partial charge in [-0.2, -0.15) is 0 Å². The largest absolute Gasteiger partial charge is 0.486 e. The van der Waals surface area contributed by atoms with Crippen molar-refractivity contribution in [2.24, 2.45) is 11.7 Å². The van der Waals surface area contributed by atoms with Crippen molar-refractivity contribution < 1.29 is 27.8 Å². The van der Waals surface area contributed by atoms with Gasteiger partial charge in [-0.25, -0.2) is 18.2 Å². The van der Waals surface area contributed by atoms with Crippen molar-refractivity contribution in [2.45, 2.75) is 44.2 Å². The van der Waals surface area contributed by atoms with E-state index in [2.05, 4.69) is 16.5 Å². The molecule has 0 unspecified atom stereocenters. The van der Waals surface area contributed by atoms with Crippen LogP contribution < -0.4 is 10.5 Å². The molecule has 0 spiro atoms. The minimum Gasteiger partial charge on any atom is -0.486 e. The molecule has 6 nitrogen and oxygen atoms in total. The fraction of sp³-hybridized carbons (Fsp3) is 0.321. The third-order valence-electron chi connectivity index (χ3n) is 6.75. The van der Waals surface area contributed by atoms with Gasteiger partial charge in [0, 0.05) is 24.9 Å². The first-order chi connectivity index (χ1) is 17.7. The lowest BCUT2D eigenvalue weighted by molar-refractivity contribution is 0.0519. The molecule has 0 radical (unpaired) electrons. The van der Waals surface area contributed by atoms with Gasteiger partial charge in [0.25, 0.3) is 0 Å². The molecule has 1 fully saturated rings. The number of halogens is 3. The Hall–Kier alpha value is -3.56. The number of ketones is 1. The van der Waals surface area contributed by atoms with Crippen molar-refractivity contribution in [3.8, 4) is 17.0 Å². The van der Waals surface area contributed by atoms with Crippen molar-refractivity contribution in [3.63, 3.8) is 0 Å². The first kappa shape index (κ1) is 26.5. The fourth-order valence-electron chi connectivity index (χ4n) is 4.86. The zero-order valence-corrected chi connectivity index (χ0v) is 20.3. The van der Waals surface area contributed by atoms with E-state index in [-0.39, 0.29) is 42.3 Å². The van der Waals surface area contributed by atoms with Crippen molar-refractivity contribution in [3.05, 3.63) is 89.7 Å². The lowest BCUT2D eigenvalue weighted by Gasteiger charge is -2.36. The smallest absolute Gasteiger partial charge is 0.185 e. The van der Waals surface area contributed by atoms with Crippen molar-refractivity contribution in [1.82, 2.24) is 9.97 Å². The molecule has 2 heterocycles. The van der Waals surface area contributed by atoms with E-state index in [1.165, 1.54) is 12.1 Å². The number of aromatic nitrogens is 2. The highest BCUT2D eigenvalue weighted by Crippen LogP contribution is 2.37. The zero-order valence-electron chi connectivity index (χ0n) is 20.3. The van der Waals surface area contributed by atoms with Gasteiger partial charge >= 0.3 is 0 Å². The van der Waals surface area contributed by atoms with Gasteiger partial charge in [-0.1, -0.05) is 19.6 Å². The SMILES string of the molecule is C=CCOc1ccc(F)c(-c2nc(C(=O)Cc3cnccc3[C@H]3C[C@@H](N)[C@H](O)[C@@H](C)C3)ccc2F)c1F. The van der Waals surface area contributed by atoms with E-state index in [1.54, 1.807) is 12.4 Å². The Labute approximate surface area is 213 Å². The second-order valence-corrected chi connectivity index (χ2v) is 9.34. The first-order valence-corrected chi connectivity index (χ1v) is 12.0. The van der Waals surface area contributed by atoms with Crippen LogP contribution in [0.5, 0.6) is 5.75 Å². The molecule has 194 valence electrons. The molecule has 0 amide bonds. The quantitative estimate of drug-likeness (QED) is 0.335. The second-order valence-electron chi connectivity index (χ2n) is 9.34. The van der Waals surface area contributed by atoms with Gasteiger partial charge < -0.3 is 15.6 Å². The number of nitrogens with zero attached hydrogens (tertiary/aromatic N) is 2. The summed E-state index contributed by atoms with van der Waals surface area (Å²) < 4.78 is 49.5. The van der Waals surface area contributed by atoms with E-state index in [4.69, 9.17) is 10.5 Å². The number of nitrogens with two attached hydrogens (primary N) is 1. The number of rotatable bonds is 8. The number of ether oxygens (including phenoxy) is 1. The normalized spacial score (nSPS) is 21.5. The molecule has 0 aliphatic heterocycles. The van der Waals surface area contributed by atoms with Crippen LogP contribution in [0, 0.1) is 23.4 Å². The van der Waals surface area contributed by atoms with Gasteiger partial charge in [-0.3, -0.25) is 9.78 Å². The molecule has 1 aliphatic carbocycles. The van der Waals surface area contributed by atoms with Gasteiger partial charge in [0.15, 0.2) is 17.3 Å². The summed E-state index contributed by atoms with van der Waals surface area (Å²) >= 11 is 0. The van der Waals surface area contributed by atoms with Crippen LogP contribution in [0.4, 0.5) is 13.2 Å². The lowest BCUT2D eigenvalue weighted by Crippen LogP contribution is -2.44. The number of Topliss-reactive ketones (excluding diaryl/α,β-unsaturated/α-hetero) is 1. The molecular weight excluding hydrogens is 483 g/mol. The van der Waals surface area contributed by atoms with Crippen molar-refractivity contribution in [2.75, 3.05) is 6.61 Å². The summed E-state index contributed by atoms with van der Waals surface area (Å²) in [6, 6.07) is 5.61. The van der Waals surface area contributed by atoms with Crippen LogP contribution in [0.1, 0.15) is 47.3 Å². The Morgan fingerprint density at radius 3 is 2.68 bits per heavy atom. The highest BCUT2D eigenvalue weighted by molar-refractivity contribution is 5.96. The summed E-state index contributed by atoms with van der Waals surface area (Å²) in [5.74, 6) is -3.90. The molecule has 0 bridgehead atoms. The lowest BCUT2D eigenvalue weighted by atomic mass is 9.74. The predicted octanol–water partition coefficient (Wildman–Crippen LogP) is 4.75. The minimum absolute atomic E-state index is 0.0113. The van der Waals surface area contributed by atoms with Crippen LogP contribution in [0.15, 0.2) is 55.4 Å². The molecule has 2 aromatic heterocycles. The van der Waals surface area contributed by atoms with E-state index in [9.17, 15) is 18.7 Å². The summed E-state index contributed by atoms with van der Waals surface area (Å²) in [7, 11) is 0. The highest BCUT2D eigenvalue weighted by atomic mass is 19.1. The molecule has 0 saturated heterocycles. The minimum atomic E-state index is -1.13. The maximum absolute atomic E-state index is 15.0. The van der Waals surface area contributed by atoms with E-state index in [0.717, 1.165) is 23.8 Å². The van der Waals surface area contributed by atoms with Gasteiger partial charge in [-0.15, -0.1) is 0 Å². The molecule has 4 atom stereocenters. The highest BCUT2D eigenvalue weighted by Gasteiger charge is 2.34. The van der Waals surface area contributed by atoms with Crippen LogP contribution in [0.2, 0.25) is 0 Å². The van der Waals surface area contributed by atoms with Crippen molar-refractivity contribution in [1.29, 1.82) is 0 Å². The Morgan fingerprint density at radius 1 is 1.19 bits per heavy atom. The summed E-state index contributed by atoms with van der Waals surface area (Å²) in [5.41, 5.74) is 6.18. The third kappa shape index (κ3) is 5.57. The van der Waals surface area contributed by atoms with E-state index < -0.39 is 40.6 Å². The van der Waals surface area contributed by atoms with Gasteiger partial charge in [0.2, 0.25) is 0 Å². The number of hydrogen-bond donors (Lipinski definition) is 2. The number of hydrogen-bond acceptors (Lipinski definition) is 6. The Morgan fingerprint density at radius 2 is 1.95 bits per heavy atom. The predicted molar refractivity (Wildman–Crippen MR) is 133 cm³/mol. The molecule has 3 N–H and O–H groups in total. The Kier molecular flexibility index (Phi) is 8.04. The Balaban J connectivity index is 1.64. The number of benzene rings is 1. The van der Waals surface area contributed by atoms with Crippen LogP contribution in [0.25, 0.3) is 11.3 Å². The third-order valence-corrected chi connectivity index (χ3v) is 6.75. The van der Waals surface area contributed by atoms with Crippen LogP contribution in [0.3, 0.4) is 0 Å². The van der Waals surface area contributed by atoms with Crippen LogP contribution >= 0.6 is 0 Å². The molecule has 1 aliphatic rings. The summed E-state index contributed by atoms with van der Waals surface area (Å²) in [6.07, 6.45) is 5.16. The zero-order chi connectivity index (χ0) is 26.7. The monoisotopic (exact) mass is 511 g/mol. The summed E-state index contributed by atoms with van der Waals surface area (Å²) in [6.45, 7) is 5.38. The topological polar surface area (TPSA) is 98.3 Å². The maximum atomic E-state index is 15.0.